The SMILES string of the molecule is C/C=C\C=C(/C)CN1N=C2C(N)=Nc3cc([N+](=O)[O-])ccc3N2CC1=O.CC. The second-order valence-electron chi connectivity index (χ2n) is 5.93. The Kier molecular flexibility index (Phi) is 6.64. The van der Waals surface area contributed by atoms with Gasteiger partial charge in [-0.1, -0.05) is 37.6 Å². The van der Waals surface area contributed by atoms with Crippen LogP contribution in [0.2, 0.25) is 0 Å². The van der Waals surface area contributed by atoms with E-state index in [1.165, 1.54) is 17.1 Å². The zero-order valence-electron chi connectivity index (χ0n) is 16.4. The number of hydrogen-bond donors (Lipinski definition) is 1. The molecule has 0 atom stereocenters. The van der Waals surface area contributed by atoms with Crippen LogP contribution in [-0.4, -0.2) is 40.6 Å². The Bertz CT molecular complexity index is 901. The Morgan fingerprint density at radius 1 is 1.39 bits per heavy atom. The highest BCUT2D eigenvalue weighted by Crippen LogP contribution is 2.36. The highest BCUT2D eigenvalue weighted by atomic mass is 16.6. The third-order valence-corrected chi connectivity index (χ3v) is 3.96. The molecule has 0 aromatic heterocycles. The Morgan fingerprint density at radius 3 is 2.75 bits per heavy atom. The van der Waals surface area contributed by atoms with Gasteiger partial charge in [-0.25, -0.2) is 10.0 Å². The molecule has 148 valence electrons. The number of nitro benzene ring substituents is 1. The molecule has 0 unspecified atom stereocenters. The Balaban J connectivity index is 0.00000136. The van der Waals surface area contributed by atoms with E-state index in [0.29, 0.717) is 23.8 Å². The Morgan fingerprint density at radius 2 is 2.11 bits per heavy atom. The third-order valence-electron chi connectivity index (χ3n) is 3.96. The largest absolute Gasteiger partial charge is 0.381 e. The van der Waals surface area contributed by atoms with Crippen molar-refractivity contribution in [2.75, 3.05) is 18.0 Å². The van der Waals surface area contributed by atoms with Crippen molar-refractivity contribution >= 4 is 34.6 Å². The molecule has 2 heterocycles. The molecule has 0 spiro atoms. The van der Waals surface area contributed by atoms with Crippen LogP contribution in [0.4, 0.5) is 17.1 Å². The average Bonchev–Trinajstić information content (AvgIpc) is 2.68. The summed E-state index contributed by atoms with van der Waals surface area (Å²) in [6.07, 6.45) is 5.70. The van der Waals surface area contributed by atoms with Gasteiger partial charge in [0.15, 0.2) is 11.7 Å². The van der Waals surface area contributed by atoms with Crippen molar-refractivity contribution in [1.29, 1.82) is 0 Å². The molecule has 0 saturated heterocycles. The van der Waals surface area contributed by atoms with Crippen LogP contribution in [-0.2, 0) is 4.79 Å². The topological polar surface area (TPSA) is 117 Å². The second-order valence-corrected chi connectivity index (χ2v) is 5.93. The van der Waals surface area contributed by atoms with Crippen molar-refractivity contribution in [2.45, 2.75) is 27.7 Å². The first-order valence-corrected chi connectivity index (χ1v) is 8.98. The van der Waals surface area contributed by atoms with E-state index in [9.17, 15) is 14.9 Å². The van der Waals surface area contributed by atoms with Gasteiger partial charge in [0.1, 0.15) is 6.54 Å². The van der Waals surface area contributed by atoms with Crippen molar-refractivity contribution in [3.05, 3.63) is 52.1 Å². The summed E-state index contributed by atoms with van der Waals surface area (Å²) in [7, 11) is 0. The maximum atomic E-state index is 12.5. The number of non-ortho nitro benzene ring substituents is 1. The number of allylic oxidation sites excluding steroid dienone is 3. The molecule has 1 aromatic carbocycles. The van der Waals surface area contributed by atoms with Gasteiger partial charge < -0.3 is 10.6 Å². The fourth-order valence-corrected chi connectivity index (χ4v) is 2.70. The van der Waals surface area contributed by atoms with Crippen LogP contribution in [0.25, 0.3) is 0 Å². The first kappa shape index (κ1) is 20.8. The maximum Gasteiger partial charge on any atom is 0.271 e. The first-order valence-electron chi connectivity index (χ1n) is 8.98. The van der Waals surface area contributed by atoms with Gasteiger partial charge in [-0.3, -0.25) is 14.9 Å². The van der Waals surface area contributed by atoms with Crippen molar-refractivity contribution in [2.24, 2.45) is 15.8 Å². The molecule has 0 bridgehead atoms. The van der Waals surface area contributed by atoms with Crippen LogP contribution in [0.3, 0.4) is 0 Å². The number of amidine groups is 2. The predicted octanol–water partition coefficient (Wildman–Crippen LogP) is 3.11. The number of anilines is 1. The summed E-state index contributed by atoms with van der Waals surface area (Å²) in [6.45, 7) is 8.21. The molecule has 3 rings (SSSR count). The van der Waals surface area contributed by atoms with Crippen LogP contribution in [0.5, 0.6) is 0 Å². The number of hydrogen-bond acceptors (Lipinski definition) is 7. The smallest absolute Gasteiger partial charge is 0.271 e. The molecule has 0 saturated carbocycles. The van der Waals surface area contributed by atoms with Crippen molar-refractivity contribution in [3.8, 4) is 0 Å². The molecule has 28 heavy (non-hydrogen) atoms. The van der Waals surface area contributed by atoms with Gasteiger partial charge in [0.2, 0.25) is 0 Å². The molecule has 0 fully saturated rings. The fraction of sp³-hybridized carbons (Fsp3) is 0.316. The molecule has 2 aliphatic rings. The summed E-state index contributed by atoms with van der Waals surface area (Å²) in [4.78, 5) is 28.8. The maximum absolute atomic E-state index is 12.5. The molecule has 9 nitrogen and oxygen atoms in total. The quantitative estimate of drug-likeness (QED) is 0.486. The lowest BCUT2D eigenvalue weighted by Gasteiger charge is -2.35. The summed E-state index contributed by atoms with van der Waals surface area (Å²) in [5.41, 5.74) is 7.79. The Labute approximate surface area is 163 Å². The van der Waals surface area contributed by atoms with Crippen LogP contribution in [0.15, 0.2) is 52.1 Å². The van der Waals surface area contributed by atoms with Gasteiger partial charge >= 0.3 is 0 Å². The number of benzene rings is 1. The Hall–Kier alpha value is -3.49. The van der Waals surface area contributed by atoms with E-state index in [1.807, 2.05) is 45.9 Å². The van der Waals surface area contributed by atoms with Gasteiger partial charge in [0.05, 0.1) is 22.8 Å². The average molecular weight is 384 g/mol. The number of hydrazone groups is 1. The number of carbonyl (C=O) groups is 1. The number of rotatable bonds is 4. The third kappa shape index (κ3) is 4.25. The van der Waals surface area contributed by atoms with Gasteiger partial charge in [0.25, 0.3) is 11.6 Å². The van der Waals surface area contributed by atoms with E-state index in [-0.39, 0.29) is 24.0 Å². The second kappa shape index (κ2) is 8.94. The summed E-state index contributed by atoms with van der Waals surface area (Å²) >= 11 is 0. The minimum atomic E-state index is -0.501. The lowest BCUT2D eigenvalue weighted by molar-refractivity contribution is -0.384. The minimum Gasteiger partial charge on any atom is -0.381 e. The normalized spacial score (nSPS) is 16.0. The van der Waals surface area contributed by atoms with E-state index < -0.39 is 4.92 Å². The van der Waals surface area contributed by atoms with Crippen LogP contribution in [0, 0.1) is 10.1 Å². The van der Waals surface area contributed by atoms with Crippen molar-refractivity contribution in [3.63, 3.8) is 0 Å². The summed E-state index contributed by atoms with van der Waals surface area (Å²) < 4.78 is 0. The number of amides is 1. The summed E-state index contributed by atoms with van der Waals surface area (Å²) in [6, 6.07) is 4.26. The molecule has 0 radical (unpaired) electrons. The number of aliphatic imine (C=N–C) groups is 1. The van der Waals surface area contributed by atoms with E-state index in [1.54, 1.807) is 11.0 Å². The van der Waals surface area contributed by atoms with Gasteiger partial charge in [-0.05, 0) is 19.9 Å². The van der Waals surface area contributed by atoms with Crippen molar-refractivity contribution < 1.29 is 9.72 Å². The molecular weight excluding hydrogens is 360 g/mol. The molecule has 2 aliphatic heterocycles. The van der Waals surface area contributed by atoms with Gasteiger partial charge in [-0.15, -0.1) is 5.10 Å². The van der Waals surface area contributed by atoms with E-state index >= 15 is 0 Å². The lowest BCUT2D eigenvalue weighted by atomic mass is 10.1. The number of nitro groups is 1. The molecule has 9 heteroatoms. The first-order chi connectivity index (χ1) is 13.4. The molecular formula is C19H24N6O3. The molecule has 0 aliphatic carbocycles. The molecule has 1 amide bonds. The number of nitrogens with two attached hydrogens (primary N) is 1. The van der Waals surface area contributed by atoms with Crippen LogP contribution >= 0.6 is 0 Å². The van der Waals surface area contributed by atoms with E-state index in [4.69, 9.17) is 5.73 Å². The van der Waals surface area contributed by atoms with Gasteiger partial charge in [-0.2, -0.15) is 0 Å². The number of fused-ring (bicyclic) bond motifs is 3. The highest BCUT2D eigenvalue weighted by molar-refractivity contribution is 6.47. The van der Waals surface area contributed by atoms with E-state index in [0.717, 1.165) is 5.57 Å². The lowest BCUT2D eigenvalue weighted by Crippen LogP contribution is -2.53. The van der Waals surface area contributed by atoms with Crippen LogP contribution < -0.4 is 10.6 Å². The predicted molar refractivity (Wildman–Crippen MR) is 111 cm³/mol. The van der Waals surface area contributed by atoms with Crippen molar-refractivity contribution in [1.82, 2.24) is 5.01 Å². The minimum absolute atomic E-state index is 0.0385. The van der Waals surface area contributed by atoms with E-state index in [2.05, 4.69) is 10.1 Å². The highest BCUT2D eigenvalue weighted by Gasteiger charge is 2.34. The van der Waals surface area contributed by atoms with Crippen LogP contribution in [0.1, 0.15) is 27.7 Å². The molecule has 2 N–H and O–H groups in total. The standard InChI is InChI=1S/C17H18N6O3.C2H6/c1-3-4-5-11(2)9-22-15(24)10-21-14-7-6-12(23(25)26)8-13(14)19-16(18)17(21)20-22;1-2/h3-8H,9-10H2,1-2H3,(H2,18,19);1-2H3/b4-3-,11-5+;. The monoisotopic (exact) mass is 384 g/mol. The summed E-state index contributed by atoms with van der Waals surface area (Å²) in [5.74, 6) is 0.288. The number of nitrogens with zero attached hydrogens (tertiary/aromatic N) is 5. The van der Waals surface area contributed by atoms with Gasteiger partial charge in [0, 0.05) is 12.1 Å². The summed E-state index contributed by atoms with van der Waals surface area (Å²) in [5, 5.41) is 16.6. The zero-order valence-corrected chi connectivity index (χ0v) is 16.4. The fourth-order valence-electron chi connectivity index (χ4n) is 2.70. The zero-order chi connectivity index (χ0) is 20.8. The molecule has 1 aromatic rings. The number of carbonyl (C=O) groups excluding carboxylic acids is 1.